The number of rotatable bonds is 3. The normalized spacial score (nSPS) is 28.9. The zero-order valence-electron chi connectivity index (χ0n) is 10.6. The van der Waals surface area contributed by atoms with Crippen molar-refractivity contribution in [1.29, 1.82) is 0 Å². The van der Waals surface area contributed by atoms with Crippen molar-refractivity contribution in [2.24, 2.45) is 17.3 Å². The standard InChI is InChI=1S/C12H18N2O4/c1-7-5-14(6-8(7)9(15)16)11(18)12(3-4-12)10(17)13-2/h7-8H,3-6H2,1-2H3,(H,13,17)(H,15,16)/t7-,8-/m1/s1. The van der Waals surface area contributed by atoms with Gasteiger partial charge in [-0.1, -0.05) is 6.92 Å². The summed E-state index contributed by atoms with van der Waals surface area (Å²) in [6.45, 7) is 2.47. The van der Waals surface area contributed by atoms with Gasteiger partial charge in [-0.15, -0.1) is 0 Å². The van der Waals surface area contributed by atoms with Crippen LogP contribution in [0.5, 0.6) is 0 Å². The summed E-state index contributed by atoms with van der Waals surface area (Å²) in [5.74, 6) is -1.92. The Balaban J connectivity index is 2.08. The fraction of sp³-hybridized carbons (Fsp3) is 0.750. The van der Waals surface area contributed by atoms with Crippen molar-refractivity contribution in [1.82, 2.24) is 10.2 Å². The van der Waals surface area contributed by atoms with Gasteiger partial charge in [-0.25, -0.2) is 0 Å². The lowest BCUT2D eigenvalue weighted by molar-refractivity contribution is -0.144. The summed E-state index contributed by atoms with van der Waals surface area (Å²) in [5, 5.41) is 11.6. The van der Waals surface area contributed by atoms with Crippen LogP contribution in [0.4, 0.5) is 0 Å². The number of nitrogens with zero attached hydrogens (tertiary/aromatic N) is 1. The quantitative estimate of drug-likeness (QED) is 0.676. The molecule has 2 fully saturated rings. The van der Waals surface area contributed by atoms with Gasteiger partial charge in [-0.05, 0) is 18.8 Å². The first-order chi connectivity index (χ1) is 8.42. The van der Waals surface area contributed by atoms with Crippen molar-refractivity contribution >= 4 is 17.8 Å². The van der Waals surface area contributed by atoms with Crippen LogP contribution >= 0.6 is 0 Å². The van der Waals surface area contributed by atoms with Crippen LogP contribution in [0.3, 0.4) is 0 Å². The summed E-state index contributed by atoms with van der Waals surface area (Å²) < 4.78 is 0. The Morgan fingerprint density at radius 1 is 1.28 bits per heavy atom. The van der Waals surface area contributed by atoms with E-state index in [1.54, 1.807) is 0 Å². The van der Waals surface area contributed by atoms with Gasteiger partial charge in [0.1, 0.15) is 5.41 Å². The number of hydrogen-bond acceptors (Lipinski definition) is 3. The predicted molar refractivity (Wildman–Crippen MR) is 62.6 cm³/mol. The highest BCUT2D eigenvalue weighted by molar-refractivity contribution is 6.08. The van der Waals surface area contributed by atoms with Crippen molar-refractivity contribution in [2.45, 2.75) is 19.8 Å². The number of hydrogen-bond donors (Lipinski definition) is 2. The molecule has 1 aliphatic carbocycles. The molecule has 2 atom stereocenters. The molecule has 6 nitrogen and oxygen atoms in total. The number of aliphatic carboxylic acids is 1. The molecule has 0 aromatic heterocycles. The van der Waals surface area contributed by atoms with Crippen molar-refractivity contribution in [3.63, 3.8) is 0 Å². The van der Waals surface area contributed by atoms with E-state index in [4.69, 9.17) is 5.11 Å². The Morgan fingerprint density at radius 2 is 1.89 bits per heavy atom. The summed E-state index contributed by atoms with van der Waals surface area (Å²) in [6, 6.07) is 0. The number of nitrogens with one attached hydrogen (secondary N) is 1. The summed E-state index contributed by atoms with van der Waals surface area (Å²) >= 11 is 0. The molecule has 1 aliphatic heterocycles. The lowest BCUT2D eigenvalue weighted by Gasteiger charge is -2.21. The van der Waals surface area contributed by atoms with Gasteiger partial charge < -0.3 is 15.3 Å². The van der Waals surface area contributed by atoms with Gasteiger partial charge in [0.2, 0.25) is 11.8 Å². The lowest BCUT2D eigenvalue weighted by atomic mass is 9.99. The van der Waals surface area contributed by atoms with Gasteiger partial charge in [0.05, 0.1) is 5.92 Å². The minimum Gasteiger partial charge on any atom is -0.481 e. The molecule has 0 unspecified atom stereocenters. The van der Waals surface area contributed by atoms with Gasteiger partial charge in [-0.2, -0.15) is 0 Å². The summed E-state index contributed by atoms with van der Waals surface area (Å²) in [7, 11) is 1.52. The summed E-state index contributed by atoms with van der Waals surface area (Å²) in [6.07, 6.45) is 1.13. The van der Waals surface area contributed by atoms with Gasteiger partial charge in [-0.3, -0.25) is 14.4 Å². The first-order valence-corrected chi connectivity index (χ1v) is 6.17. The smallest absolute Gasteiger partial charge is 0.308 e. The van der Waals surface area contributed by atoms with Gasteiger partial charge in [0, 0.05) is 20.1 Å². The number of likely N-dealkylation sites (tertiary alicyclic amines) is 1. The maximum Gasteiger partial charge on any atom is 0.308 e. The number of carbonyl (C=O) groups is 3. The minimum atomic E-state index is -0.915. The average molecular weight is 254 g/mol. The zero-order valence-corrected chi connectivity index (χ0v) is 10.6. The van der Waals surface area contributed by atoms with Crippen LogP contribution in [0.15, 0.2) is 0 Å². The molecule has 100 valence electrons. The van der Waals surface area contributed by atoms with Crippen LogP contribution in [-0.4, -0.2) is 47.9 Å². The number of carboxylic acids is 1. The molecule has 0 aromatic rings. The molecule has 0 bridgehead atoms. The second-order valence-electron chi connectivity index (χ2n) is 5.29. The first-order valence-electron chi connectivity index (χ1n) is 6.17. The Hall–Kier alpha value is -1.59. The molecule has 0 spiro atoms. The highest BCUT2D eigenvalue weighted by atomic mass is 16.4. The number of carbonyl (C=O) groups excluding carboxylic acids is 2. The zero-order chi connectivity index (χ0) is 13.5. The third-order valence-electron chi connectivity index (χ3n) is 4.04. The fourth-order valence-electron chi connectivity index (χ4n) is 2.66. The van der Waals surface area contributed by atoms with Crippen molar-refractivity contribution in [2.75, 3.05) is 20.1 Å². The second kappa shape index (κ2) is 4.26. The van der Waals surface area contributed by atoms with Crippen LogP contribution in [0.25, 0.3) is 0 Å². The Labute approximate surface area is 105 Å². The average Bonchev–Trinajstić information content (AvgIpc) is 3.05. The molecular formula is C12H18N2O4. The highest BCUT2D eigenvalue weighted by Gasteiger charge is 2.58. The number of amides is 2. The molecule has 2 amide bonds. The SMILES string of the molecule is CNC(=O)C1(C(=O)N2C[C@@H](C)[C@H](C(=O)O)C2)CC1. The Morgan fingerprint density at radius 3 is 2.28 bits per heavy atom. The molecule has 18 heavy (non-hydrogen) atoms. The van der Waals surface area contributed by atoms with E-state index in [2.05, 4.69) is 5.32 Å². The van der Waals surface area contributed by atoms with E-state index in [0.29, 0.717) is 19.4 Å². The molecular weight excluding hydrogens is 236 g/mol. The Kier molecular flexibility index (Phi) is 3.04. The molecule has 2 N–H and O–H groups in total. The van der Waals surface area contributed by atoms with Crippen molar-refractivity contribution in [3.05, 3.63) is 0 Å². The maximum atomic E-state index is 12.3. The molecule has 6 heteroatoms. The highest BCUT2D eigenvalue weighted by Crippen LogP contribution is 2.48. The van der Waals surface area contributed by atoms with E-state index in [1.165, 1.54) is 11.9 Å². The molecule has 1 saturated heterocycles. The summed E-state index contributed by atoms with van der Waals surface area (Å²) in [5.41, 5.74) is -0.915. The second-order valence-corrected chi connectivity index (χ2v) is 5.29. The molecule has 1 saturated carbocycles. The van der Waals surface area contributed by atoms with E-state index in [1.807, 2.05) is 6.92 Å². The van der Waals surface area contributed by atoms with E-state index in [-0.39, 0.29) is 24.3 Å². The first kappa shape index (κ1) is 12.9. The summed E-state index contributed by atoms with van der Waals surface area (Å²) in [4.78, 5) is 36.6. The van der Waals surface area contributed by atoms with Gasteiger partial charge in [0.25, 0.3) is 0 Å². The van der Waals surface area contributed by atoms with Crippen LogP contribution in [0.1, 0.15) is 19.8 Å². The van der Waals surface area contributed by atoms with Gasteiger partial charge in [0.15, 0.2) is 0 Å². The molecule has 0 radical (unpaired) electrons. The number of carboxylic acid groups (broad SMARTS) is 1. The van der Waals surface area contributed by atoms with Crippen LogP contribution in [-0.2, 0) is 14.4 Å². The third-order valence-corrected chi connectivity index (χ3v) is 4.04. The van der Waals surface area contributed by atoms with Crippen molar-refractivity contribution < 1.29 is 19.5 Å². The predicted octanol–water partition coefficient (Wildman–Crippen LogP) is -0.308. The van der Waals surface area contributed by atoms with Crippen molar-refractivity contribution in [3.8, 4) is 0 Å². The van der Waals surface area contributed by atoms with E-state index < -0.39 is 17.3 Å². The monoisotopic (exact) mass is 254 g/mol. The minimum absolute atomic E-state index is 0.0630. The Bertz CT molecular complexity index is 403. The van der Waals surface area contributed by atoms with Crippen LogP contribution in [0.2, 0.25) is 0 Å². The van der Waals surface area contributed by atoms with E-state index in [0.717, 1.165) is 0 Å². The molecule has 2 aliphatic rings. The van der Waals surface area contributed by atoms with E-state index >= 15 is 0 Å². The van der Waals surface area contributed by atoms with Crippen LogP contribution < -0.4 is 5.32 Å². The fourth-order valence-corrected chi connectivity index (χ4v) is 2.66. The molecule has 0 aromatic carbocycles. The topological polar surface area (TPSA) is 86.7 Å². The molecule has 2 rings (SSSR count). The largest absolute Gasteiger partial charge is 0.481 e. The van der Waals surface area contributed by atoms with Gasteiger partial charge >= 0.3 is 5.97 Å². The maximum absolute atomic E-state index is 12.3. The molecule has 1 heterocycles. The lowest BCUT2D eigenvalue weighted by Crippen LogP contribution is -2.43. The van der Waals surface area contributed by atoms with E-state index in [9.17, 15) is 14.4 Å². The third kappa shape index (κ3) is 1.85. The van der Waals surface area contributed by atoms with Crippen LogP contribution in [0, 0.1) is 17.3 Å².